The Morgan fingerprint density at radius 3 is 2.50 bits per heavy atom. The summed E-state index contributed by atoms with van der Waals surface area (Å²) in [5.41, 5.74) is 0.652. The van der Waals surface area contributed by atoms with Crippen molar-refractivity contribution in [3.05, 3.63) is 65.2 Å². The second-order valence-electron chi connectivity index (χ2n) is 6.54. The highest BCUT2D eigenvalue weighted by atomic mass is 19.1. The van der Waals surface area contributed by atoms with Crippen LogP contribution in [0.5, 0.6) is 0 Å². The van der Waals surface area contributed by atoms with E-state index in [0.717, 1.165) is 0 Å². The number of ketones is 1. The summed E-state index contributed by atoms with van der Waals surface area (Å²) < 4.78 is 14.2. The van der Waals surface area contributed by atoms with Gasteiger partial charge in [0.25, 0.3) is 5.91 Å². The van der Waals surface area contributed by atoms with Crippen molar-refractivity contribution in [3.8, 4) is 0 Å². The zero-order valence-corrected chi connectivity index (χ0v) is 15.6. The van der Waals surface area contributed by atoms with Gasteiger partial charge in [-0.2, -0.15) is 0 Å². The van der Waals surface area contributed by atoms with Crippen LogP contribution in [0.2, 0.25) is 0 Å². The molecule has 0 saturated carbocycles. The van der Waals surface area contributed by atoms with Gasteiger partial charge in [-0.15, -0.1) is 0 Å². The number of nitrogens with one attached hydrogen (secondary N) is 2. The van der Waals surface area contributed by atoms with Crippen molar-refractivity contribution in [1.29, 1.82) is 0 Å². The number of nitrogens with zero attached hydrogens (tertiary/aromatic N) is 1. The van der Waals surface area contributed by atoms with Gasteiger partial charge in [0, 0.05) is 12.2 Å². The zero-order valence-electron chi connectivity index (χ0n) is 15.6. The van der Waals surface area contributed by atoms with E-state index in [9.17, 15) is 18.8 Å². The molecule has 0 radical (unpaired) electrons. The standard InChI is InChI=1S/C20H22FN3O4/c1-12(2)24-19(26)14-7-5-9-22-18(14)15(17(25)11-23-20(27)28)10-13-6-3-4-8-16(13)21/h3-9,12,15,23H,10-11H2,1-2H3,(H,24,26)(H,27,28). The number of carboxylic acid groups (broad SMARTS) is 1. The molecule has 0 aliphatic carbocycles. The third kappa shape index (κ3) is 5.60. The normalized spacial score (nSPS) is 11.7. The lowest BCUT2D eigenvalue weighted by Crippen LogP contribution is -2.35. The molecular weight excluding hydrogens is 365 g/mol. The van der Waals surface area contributed by atoms with Crippen LogP contribution in [0.3, 0.4) is 0 Å². The van der Waals surface area contributed by atoms with Crippen LogP contribution in [0, 0.1) is 5.82 Å². The molecule has 1 atom stereocenters. The van der Waals surface area contributed by atoms with Crippen LogP contribution in [0.4, 0.5) is 9.18 Å². The van der Waals surface area contributed by atoms with Gasteiger partial charge in [-0.3, -0.25) is 14.6 Å². The molecule has 0 spiro atoms. The second kappa shape index (κ2) is 9.59. The minimum Gasteiger partial charge on any atom is -0.465 e. The van der Waals surface area contributed by atoms with E-state index in [1.54, 1.807) is 26.0 Å². The number of Topliss-reactive ketones (excluding diaryl/α,β-unsaturated/α-hetero) is 1. The molecule has 1 aromatic carbocycles. The molecule has 0 aliphatic heterocycles. The number of benzene rings is 1. The first-order chi connectivity index (χ1) is 13.3. The van der Waals surface area contributed by atoms with Crippen LogP contribution in [0.1, 0.15) is 41.4 Å². The number of amides is 2. The van der Waals surface area contributed by atoms with E-state index in [1.165, 1.54) is 30.5 Å². The third-order valence-electron chi connectivity index (χ3n) is 4.02. The molecule has 0 aliphatic rings. The number of carbonyl (C=O) groups is 3. The molecule has 8 heteroatoms. The number of pyridine rings is 1. The van der Waals surface area contributed by atoms with Crippen LogP contribution >= 0.6 is 0 Å². The summed E-state index contributed by atoms with van der Waals surface area (Å²) in [5, 5.41) is 13.6. The van der Waals surface area contributed by atoms with Gasteiger partial charge < -0.3 is 15.7 Å². The number of aromatic nitrogens is 1. The van der Waals surface area contributed by atoms with E-state index in [2.05, 4.69) is 10.3 Å². The summed E-state index contributed by atoms with van der Waals surface area (Å²) in [6.45, 7) is 3.12. The Bertz CT molecular complexity index is 870. The van der Waals surface area contributed by atoms with Gasteiger partial charge in [-0.05, 0) is 44.0 Å². The first-order valence-corrected chi connectivity index (χ1v) is 8.78. The molecule has 2 rings (SSSR count). The molecule has 0 bridgehead atoms. The van der Waals surface area contributed by atoms with Crippen molar-refractivity contribution in [2.24, 2.45) is 0 Å². The van der Waals surface area contributed by atoms with Crippen LogP contribution in [-0.4, -0.2) is 40.5 Å². The summed E-state index contributed by atoms with van der Waals surface area (Å²) >= 11 is 0. The van der Waals surface area contributed by atoms with E-state index in [-0.39, 0.29) is 29.3 Å². The largest absolute Gasteiger partial charge is 0.465 e. The Kier molecular flexibility index (Phi) is 7.20. The number of hydrogen-bond donors (Lipinski definition) is 3. The molecule has 0 fully saturated rings. The Morgan fingerprint density at radius 1 is 1.14 bits per heavy atom. The van der Waals surface area contributed by atoms with Crippen LogP contribution in [-0.2, 0) is 11.2 Å². The second-order valence-corrected chi connectivity index (χ2v) is 6.54. The van der Waals surface area contributed by atoms with E-state index in [4.69, 9.17) is 5.11 Å². The topological polar surface area (TPSA) is 108 Å². The highest BCUT2D eigenvalue weighted by molar-refractivity contribution is 5.98. The minimum absolute atomic E-state index is 0.0498. The molecular formula is C20H22FN3O4. The van der Waals surface area contributed by atoms with E-state index in [0.29, 0.717) is 0 Å². The van der Waals surface area contributed by atoms with E-state index >= 15 is 0 Å². The van der Waals surface area contributed by atoms with Gasteiger partial charge in [0.05, 0.1) is 23.7 Å². The molecule has 28 heavy (non-hydrogen) atoms. The lowest BCUT2D eigenvalue weighted by molar-refractivity contribution is -0.119. The quantitative estimate of drug-likeness (QED) is 0.645. The predicted molar refractivity (Wildman–Crippen MR) is 101 cm³/mol. The van der Waals surface area contributed by atoms with Crippen LogP contribution < -0.4 is 10.6 Å². The fourth-order valence-electron chi connectivity index (χ4n) is 2.76. The molecule has 1 aromatic heterocycles. The van der Waals surface area contributed by atoms with Crippen molar-refractivity contribution in [3.63, 3.8) is 0 Å². The van der Waals surface area contributed by atoms with E-state index in [1.807, 2.05) is 5.32 Å². The van der Waals surface area contributed by atoms with Gasteiger partial charge in [0.15, 0.2) is 5.78 Å². The van der Waals surface area contributed by atoms with Gasteiger partial charge in [-0.25, -0.2) is 9.18 Å². The maximum atomic E-state index is 14.2. The highest BCUT2D eigenvalue weighted by Gasteiger charge is 2.28. The molecule has 1 unspecified atom stereocenters. The van der Waals surface area contributed by atoms with Crippen molar-refractivity contribution in [2.45, 2.75) is 32.2 Å². The summed E-state index contributed by atoms with van der Waals surface area (Å²) in [5.74, 6) is -2.40. The summed E-state index contributed by atoms with van der Waals surface area (Å²) in [4.78, 5) is 40.3. The number of carbonyl (C=O) groups excluding carboxylic acids is 2. The maximum Gasteiger partial charge on any atom is 0.405 e. The fourth-order valence-corrected chi connectivity index (χ4v) is 2.76. The van der Waals surface area contributed by atoms with Gasteiger partial charge in [0.2, 0.25) is 0 Å². The Balaban J connectivity index is 2.44. The molecule has 1 heterocycles. The van der Waals surface area contributed by atoms with Crippen molar-refractivity contribution in [1.82, 2.24) is 15.6 Å². The third-order valence-corrected chi connectivity index (χ3v) is 4.02. The highest BCUT2D eigenvalue weighted by Crippen LogP contribution is 2.25. The van der Waals surface area contributed by atoms with Gasteiger partial charge in [0.1, 0.15) is 5.82 Å². The van der Waals surface area contributed by atoms with Crippen molar-refractivity contribution >= 4 is 17.8 Å². The Morgan fingerprint density at radius 2 is 1.86 bits per heavy atom. The average molecular weight is 387 g/mol. The first-order valence-electron chi connectivity index (χ1n) is 8.78. The fraction of sp³-hybridized carbons (Fsp3) is 0.300. The van der Waals surface area contributed by atoms with Gasteiger partial charge in [-0.1, -0.05) is 18.2 Å². The number of halogens is 1. The lowest BCUT2D eigenvalue weighted by Gasteiger charge is -2.19. The maximum absolute atomic E-state index is 14.2. The number of rotatable bonds is 8. The van der Waals surface area contributed by atoms with Crippen LogP contribution in [0.25, 0.3) is 0 Å². The molecule has 2 amide bonds. The molecule has 0 saturated heterocycles. The average Bonchev–Trinajstić information content (AvgIpc) is 2.65. The summed E-state index contributed by atoms with van der Waals surface area (Å²) in [6.07, 6.45) is 0.0382. The summed E-state index contributed by atoms with van der Waals surface area (Å²) in [6, 6.07) is 8.96. The minimum atomic E-state index is -1.35. The number of hydrogen-bond acceptors (Lipinski definition) is 4. The van der Waals surface area contributed by atoms with Gasteiger partial charge >= 0.3 is 6.09 Å². The zero-order chi connectivity index (χ0) is 20.7. The van der Waals surface area contributed by atoms with E-state index < -0.39 is 36.1 Å². The lowest BCUT2D eigenvalue weighted by atomic mass is 9.88. The first kappa shape index (κ1) is 21.0. The molecule has 7 nitrogen and oxygen atoms in total. The summed E-state index contributed by atoms with van der Waals surface area (Å²) in [7, 11) is 0. The Hall–Kier alpha value is -3.29. The predicted octanol–water partition coefficient (Wildman–Crippen LogP) is 2.52. The van der Waals surface area contributed by atoms with Crippen molar-refractivity contribution < 1.29 is 23.9 Å². The molecule has 2 aromatic rings. The smallest absolute Gasteiger partial charge is 0.405 e. The SMILES string of the molecule is CC(C)NC(=O)c1cccnc1C(Cc1ccccc1F)C(=O)CNC(=O)O. The molecule has 148 valence electrons. The van der Waals surface area contributed by atoms with Crippen LogP contribution in [0.15, 0.2) is 42.6 Å². The monoisotopic (exact) mass is 387 g/mol. The van der Waals surface area contributed by atoms with Crippen molar-refractivity contribution in [2.75, 3.05) is 6.54 Å². The Labute approximate surface area is 162 Å². The molecule has 3 N–H and O–H groups in total.